The lowest BCUT2D eigenvalue weighted by Gasteiger charge is -2.35. The first-order chi connectivity index (χ1) is 18.5. The van der Waals surface area contributed by atoms with Crippen molar-refractivity contribution in [3.8, 4) is 0 Å². The molecule has 0 fully saturated rings. The van der Waals surface area contributed by atoms with Crippen LogP contribution in [-0.4, -0.2) is 34.7 Å². The van der Waals surface area contributed by atoms with Crippen molar-refractivity contribution in [2.24, 2.45) is 5.73 Å². The zero-order chi connectivity index (χ0) is 28.2. The Morgan fingerprint density at radius 3 is 1.97 bits per heavy atom. The van der Waals surface area contributed by atoms with Gasteiger partial charge < -0.3 is 14.6 Å². The van der Waals surface area contributed by atoms with E-state index in [9.17, 15) is 14.7 Å². The van der Waals surface area contributed by atoms with Gasteiger partial charge in [-0.3, -0.25) is 10.5 Å². The highest BCUT2D eigenvalue weighted by Crippen LogP contribution is 2.42. The predicted molar refractivity (Wildman–Crippen MR) is 150 cm³/mol. The van der Waals surface area contributed by atoms with Crippen LogP contribution in [0.1, 0.15) is 70.4 Å². The Balaban J connectivity index is 1.91. The minimum Gasteiger partial charge on any atom is -0.464 e. The van der Waals surface area contributed by atoms with Crippen molar-refractivity contribution in [1.29, 1.82) is 0 Å². The van der Waals surface area contributed by atoms with E-state index in [-0.39, 0.29) is 16.6 Å². The second-order valence-corrected chi connectivity index (χ2v) is 11.1. The first-order valence-electron chi connectivity index (χ1n) is 12.5. The number of thiazole rings is 1. The van der Waals surface area contributed by atoms with E-state index in [1.54, 1.807) is 32.9 Å². The highest BCUT2D eigenvalue weighted by molar-refractivity contribution is 7.10. The zero-order valence-electron chi connectivity index (χ0n) is 22.3. The number of carbonyl (C=O) groups is 2. The van der Waals surface area contributed by atoms with E-state index >= 15 is 0 Å². The number of carbonyl (C=O) groups excluding carboxylic acids is 2. The Bertz CT molecular complexity index is 1390. The molecule has 8 heteroatoms. The Labute approximate surface area is 232 Å². The number of aliphatic hydroxyl groups is 1. The van der Waals surface area contributed by atoms with Crippen LogP contribution < -0.4 is 5.73 Å². The summed E-state index contributed by atoms with van der Waals surface area (Å²) in [7, 11) is 1.25. The first kappa shape index (κ1) is 28.2. The summed E-state index contributed by atoms with van der Waals surface area (Å²) in [6, 6.07) is 27.0. The van der Waals surface area contributed by atoms with Gasteiger partial charge in [-0.05, 0) is 37.5 Å². The number of methoxy groups -OCH3 is 1. The second-order valence-electron chi connectivity index (χ2n) is 10.2. The SMILES string of the molecule is COC(=O)c1csc(C(C(=O)OC(C)(C)C)C(N)(O)c2ccccc2C(c2ccccc2)c2ccccc2)n1. The summed E-state index contributed by atoms with van der Waals surface area (Å²) in [6.07, 6.45) is 0. The van der Waals surface area contributed by atoms with Crippen molar-refractivity contribution < 1.29 is 24.2 Å². The molecule has 0 aliphatic heterocycles. The van der Waals surface area contributed by atoms with Crippen LogP contribution in [0.25, 0.3) is 0 Å². The lowest BCUT2D eigenvalue weighted by molar-refractivity contribution is -0.164. The molecule has 0 saturated heterocycles. The van der Waals surface area contributed by atoms with E-state index in [1.807, 2.05) is 72.8 Å². The van der Waals surface area contributed by atoms with Gasteiger partial charge in [0.05, 0.1) is 7.11 Å². The van der Waals surface area contributed by atoms with E-state index in [0.29, 0.717) is 5.56 Å². The number of nitrogens with zero attached hydrogens (tertiary/aromatic N) is 1. The van der Waals surface area contributed by atoms with Crippen molar-refractivity contribution in [2.75, 3.05) is 7.11 Å². The highest BCUT2D eigenvalue weighted by Gasteiger charge is 2.47. The fourth-order valence-electron chi connectivity index (χ4n) is 4.56. The zero-order valence-corrected chi connectivity index (χ0v) is 23.1. The van der Waals surface area contributed by atoms with Crippen LogP contribution in [0, 0.1) is 0 Å². The van der Waals surface area contributed by atoms with Crippen LogP contribution in [0.5, 0.6) is 0 Å². The van der Waals surface area contributed by atoms with Crippen LogP contribution in [-0.2, 0) is 20.0 Å². The van der Waals surface area contributed by atoms with Gasteiger partial charge in [-0.25, -0.2) is 9.78 Å². The van der Waals surface area contributed by atoms with Gasteiger partial charge in [0.15, 0.2) is 17.3 Å². The monoisotopic (exact) mass is 544 g/mol. The fraction of sp³-hybridized carbons (Fsp3) is 0.258. The van der Waals surface area contributed by atoms with Crippen LogP contribution in [0.2, 0.25) is 0 Å². The largest absolute Gasteiger partial charge is 0.464 e. The van der Waals surface area contributed by atoms with Crippen molar-refractivity contribution in [2.45, 2.75) is 43.9 Å². The quantitative estimate of drug-likeness (QED) is 0.175. The maximum absolute atomic E-state index is 13.6. The summed E-state index contributed by atoms with van der Waals surface area (Å²) in [6.45, 7) is 5.19. The Morgan fingerprint density at radius 2 is 1.44 bits per heavy atom. The average molecular weight is 545 g/mol. The summed E-state index contributed by atoms with van der Waals surface area (Å²) in [4.78, 5) is 30.1. The molecule has 3 aromatic carbocycles. The molecule has 0 spiro atoms. The van der Waals surface area contributed by atoms with Gasteiger partial charge in [0.25, 0.3) is 0 Å². The summed E-state index contributed by atoms with van der Waals surface area (Å²) in [5.41, 5.74) is 6.71. The van der Waals surface area contributed by atoms with Crippen molar-refractivity contribution in [3.05, 3.63) is 123 Å². The van der Waals surface area contributed by atoms with E-state index in [2.05, 4.69) is 4.98 Å². The minimum absolute atomic E-state index is 0.0154. The van der Waals surface area contributed by atoms with Crippen LogP contribution >= 0.6 is 11.3 Å². The van der Waals surface area contributed by atoms with Gasteiger partial charge >= 0.3 is 11.9 Å². The van der Waals surface area contributed by atoms with E-state index in [0.717, 1.165) is 28.0 Å². The molecule has 202 valence electrons. The maximum Gasteiger partial charge on any atom is 0.357 e. The Hall–Kier alpha value is -3.85. The standard InChI is InChI=1S/C31H32N2O5S/c1-30(2,3)38-29(35)26(27-33-24(19-39-27)28(34)37-4)31(32,36)23-18-12-11-17-22(23)25(20-13-7-5-8-14-20)21-15-9-6-10-16-21/h5-19,25-26,36H,32H2,1-4H3. The number of esters is 2. The number of nitrogens with two attached hydrogens (primary N) is 1. The molecule has 4 aromatic rings. The topological polar surface area (TPSA) is 112 Å². The molecule has 1 heterocycles. The van der Waals surface area contributed by atoms with Gasteiger partial charge in [-0.1, -0.05) is 84.9 Å². The highest BCUT2D eigenvalue weighted by atomic mass is 32.1. The van der Waals surface area contributed by atoms with Crippen molar-refractivity contribution >= 4 is 23.3 Å². The summed E-state index contributed by atoms with van der Waals surface area (Å²) < 4.78 is 10.5. The third-order valence-corrected chi connectivity index (χ3v) is 7.12. The fourth-order valence-corrected chi connectivity index (χ4v) is 5.50. The summed E-state index contributed by atoms with van der Waals surface area (Å²) >= 11 is 1.03. The first-order valence-corrected chi connectivity index (χ1v) is 13.4. The third-order valence-electron chi connectivity index (χ3n) is 6.22. The summed E-state index contributed by atoms with van der Waals surface area (Å²) in [5.74, 6) is -3.13. The molecule has 2 unspecified atom stereocenters. The molecule has 2 atom stereocenters. The molecular formula is C31H32N2O5S. The number of ether oxygens (including phenoxy) is 2. The van der Waals surface area contributed by atoms with Crippen LogP contribution in [0.15, 0.2) is 90.3 Å². The second kappa shape index (κ2) is 11.5. The van der Waals surface area contributed by atoms with Crippen molar-refractivity contribution in [3.63, 3.8) is 0 Å². The smallest absolute Gasteiger partial charge is 0.357 e. The number of rotatable bonds is 8. The summed E-state index contributed by atoms with van der Waals surface area (Å²) in [5, 5.41) is 13.7. The van der Waals surface area contributed by atoms with Gasteiger partial charge in [-0.15, -0.1) is 11.3 Å². The molecular weight excluding hydrogens is 512 g/mol. The number of aromatic nitrogens is 1. The molecule has 0 saturated carbocycles. The molecule has 0 aliphatic rings. The van der Waals surface area contributed by atoms with Gasteiger partial charge in [0.1, 0.15) is 10.6 Å². The van der Waals surface area contributed by atoms with E-state index in [1.165, 1.54) is 12.5 Å². The lowest BCUT2D eigenvalue weighted by atomic mass is 9.78. The van der Waals surface area contributed by atoms with Crippen LogP contribution in [0.3, 0.4) is 0 Å². The molecule has 4 rings (SSSR count). The molecule has 0 aliphatic carbocycles. The van der Waals surface area contributed by atoms with Gasteiger partial charge in [0, 0.05) is 16.9 Å². The number of benzene rings is 3. The molecule has 7 nitrogen and oxygen atoms in total. The molecule has 3 N–H and O–H groups in total. The normalized spacial score (nSPS) is 13.9. The van der Waals surface area contributed by atoms with Gasteiger partial charge in [0.2, 0.25) is 0 Å². The molecule has 0 radical (unpaired) electrons. The molecule has 1 aromatic heterocycles. The molecule has 0 bridgehead atoms. The van der Waals surface area contributed by atoms with E-state index < -0.39 is 29.2 Å². The van der Waals surface area contributed by atoms with Gasteiger partial charge in [-0.2, -0.15) is 0 Å². The Morgan fingerprint density at radius 1 is 0.897 bits per heavy atom. The lowest BCUT2D eigenvalue weighted by Crippen LogP contribution is -2.48. The Kier molecular flexibility index (Phi) is 8.30. The maximum atomic E-state index is 13.6. The average Bonchev–Trinajstić information content (AvgIpc) is 3.38. The van der Waals surface area contributed by atoms with E-state index in [4.69, 9.17) is 15.2 Å². The molecule has 0 amide bonds. The number of hydrogen-bond donors (Lipinski definition) is 2. The molecule has 39 heavy (non-hydrogen) atoms. The third kappa shape index (κ3) is 6.25. The predicted octanol–water partition coefficient (Wildman–Crippen LogP) is 5.34. The van der Waals surface area contributed by atoms with Crippen molar-refractivity contribution in [1.82, 2.24) is 4.98 Å². The van der Waals surface area contributed by atoms with Crippen LogP contribution in [0.4, 0.5) is 0 Å². The number of hydrogen-bond acceptors (Lipinski definition) is 8. The minimum atomic E-state index is -2.24.